The fourth-order valence-corrected chi connectivity index (χ4v) is 2.84. The van der Waals surface area contributed by atoms with Gasteiger partial charge in [0.25, 0.3) is 0 Å². The number of amides is 1. The normalized spacial score (nSPS) is 21.4. The van der Waals surface area contributed by atoms with Gasteiger partial charge in [0.2, 0.25) is 0 Å². The van der Waals surface area contributed by atoms with Gasteiger partial charge in [-0.25, -0.2) is 0 Å². The van der Waals surface area contributed by atoms with Crippen LogP contribution in [-0.2, 0) is 4.79 Å². The highest BCUT2D eigenvalue weighted by atomic mass is 16.5. The Kier molecular flexibility index (Phi) is 4.24. The smallest absolute Gasteiger partial charge is 0.312 e. The Balaban J connectivity index is 2.23. The predicted molar refractivity (Wildman–Crippen MR) is 71.4 cm³/mol. The van der Waals surface area contributed by atoms with E-state index < -0.39 is 0 Å². The van der Waals surface area contributed by atoms with Gasteiger partial charge in [0.1, 0.15) is 5.75 Å². The van der Waals surface area contributed by atoms with Gasteiger partial charge in [-0.3, -0.25) is 4.79 Å². The van der Waals surface area contributed by atoms with Gasteiger partial charge in [-0.2, -0.15) is 0 Å². The Labute approximate surface area is 109 Å². The largest absolute Gasteiger partial charge is 0.496 e. The van der Waals surface area contributed by atoms with Crippen LogP contribution in [0.5, 0.6) is 5.75 Å². The molecule has 1 fully saturated rings. The summed E-state index contributed by atoms with van der Waals surface area (Å²) in [5.74, 6) is 1.18. The molecule has 0 aromatic heterocycles. The summed E-state index contributed by atoms with van der Waals surface area (Å²) in [5, 5.41) is 0. The summed E-state index contributed by atoms with van der Waals surface area (Å²) < 4.78 is 5.41. The first-order valence-corrected chi connectivity index (χ1v) is 6.55. The second-order valence-electron chi connectivity index (χ2n) is 4.88. The predicted octanol–water partition coefficient (Wildman–Crippen LogP) is 2.72. The van der Waals surface area contributed by atoms with Crippen molar-refractivity contribution >= 4 is 6.41 Å². The van der Waals surface area contributed by atoms with Gasteiger partial charge in [-0.05, 0) is 30.9 Å². The van der Waals surface area contributed by atoms with E-state index in [1.807, 2.05) is 23.1 Å². The molecule has 1 aliphatic rings. The van der Waals surface area contributed by atoms with E-state index in [4.69, 9.17) is 4.74 Å². The minimum absolute atomic E-state index is 0.243. The minimum atomic E-state index is 0.243. The summed E-state index contributed by atoms with van der Waals surface area (Å²) in [6.45, 7) is 2.99. The van der Waals surface area contributed by atoms with Crippen molar-refractivity contribution in [1.82, 2.24) is 4.90 Å². The molecule has 2 unspecified atom stereocenters. The highest BCUT2D eigenvalue weighted by molar-refractivity contribution is 5.50. The first-order valence-electron chi connectivity index (χ1n) is 6.55. The molecule has 0 spiro atoms. The molecule has 0 bridgehead atoms. The number of ether oxygens (including phenoxy) is 1. The fourth-order valence-electron chi connectivity index (χ4n) is 2.84. The van der Waals surface area contributed by atoms with Gasteiger partial charge in [-0.1, -0.05) is 25.1 Å². The number of carbonyl (C=O) groups excluding carboxylic acids is 1. The molecule has 0 aliphatic carbocycles. The lowest BCUT2D eigenvalue weighted by atomic mass is 9.86. The topological polar surface area (TPSA) is 29.5 Å². The van der Waals surface area contributed by atoms with Gasteiger partial charge < -0.3 is 9.64 Å². The summed E-state index contributed by atoms with van der Waals surface area (Å²) in [4.78, 5) is 12.9. The van der Waals surface area contributed by atoms with Gasteiger partial charge >= 0.3 is 6.41 Å². The summed E-state index contributed by atoms with van der Waals surface area (Å²) in [6.07, 6.45) is 5.41. The maximum atomic E-state index is 11.0. The third kappa shape index (κ3) is 2.50. The van der Waals surface area contributed by atoms with Crippen LogP contribution in [0.3, 0.4) is 0 Å². The van der Waals surface area contributed by atoms with Crippen LogP contribution in [0, 0.1) is 0 Å². The minimum Gasteiger partial charge on any atom is -0.496 e. The van der Waals surface area contributed by atoms with Gasteiger partial charge in [0.05, 0.1) is 7.11 Å². The van der Waals surface area contributed by atoms with E-state index in [9.17, 15) is 4.79 Å². The SMILES string of the molecule is COc1ccccc1C(C)C1CCCCN1[C]=O. The molecule has 18 heavy (non-hydrogen) atoms. The number of hydrogen-bond acceptors (Lipinski definition) is 2. The maximum absolute atomic E-state index is 11.0. The van der Waals surface area contributed by atoms with Crippen LogP contribution in [0.2, 0.25) is 0 Å². The average molecular weight is 246 g/mol. The quantitative estimate of drug-likeness (QED) is 0.817. The lowest BCUT2D eigenvalue weighted by Gasteiger charge is -2.36. The van der Waals surface area contributed by atoms with Crippen molar-refractivity contribution in [1.29, 1.82) is 0 Å². The molecule has 1 heterocycles. The van der Waals surface area contributed by atoms with Crippen molar-refractivity contribution in [2.45, 2.75) is 38.1 Å². The van der Waals surface area contributed by atoms with E-state index in [1.54, 1.807) is 7.11 Å². The van der Waals surface area contributed by atoms with E-state index in [2.05, 4.69) is 19.4 Å². The summed E-state index contributed by atoms with van der Waals surface area (Å²) >= 11 is 0. The molecule has 3 nitrogen and oxygen atoms in total. The van der Waals surface area contributed by atoms with E-state index >= 15 is 0 Å². The van der Waals surface area contributed by atoms with E-state index in [0.717, 1.165) is 25.1 Å². The van der Waals surface area contributed by atoms with Crippen LogP contribution in [0.15, 0.2) is 24.3 Å². The zero-order valence-corrected chi connectivity index (χ0v) is 11.1. The second-order valence-corrected chi connectivity index (χ2v) is 4.88. The van der Waals surface area contributed by atoms with Crippen molar-refractivity contribution in [3.63, 3.8) is 0 Å². The van der Waals surface area contributed by atoms with Gasteiger partial charge in [-0.15, -0.1) is 0 Å². The molecular weight excluding hydrogens is 226 g/mol. The van der Waals surface area contributed by atoms with Crippen LogP contribution in [0.4, 0.5) is 0 Å². The lowest BCUT2D eigenvalue weighted by molar-refractivity contribution is 0.205. The molecule has 1 saturated heterocycles. The second kappa shape index (κ2) is 5.89. The van der Waals surface area contributed by atoms with Crippen molar-refractivity contribution in [2.24, 2.45) is 0 Å². The third-order valence-electron chi connectivity index (χ3n) is 3.87. The van der Waals surface area contributed by atoms with E-state index in [0.29, 0.717) is 0 Å². The standard InChI is InChI=1S/C15H20NO2/c1-12(13-7-3-4-9-15(13)18-2)14-8-5-6-10-16(14)11-17/h3-4,7,9,12,14H,5-6,8,10H2,1-2H3. The lowest BCUT2D eigenvalue weighted by Crippen LogP contribution is -2.41. The number of nitrogens with zero attached hydrogens (tertiary/aromatic N) is 1. The molecule has 3 heteroatoms. The first kappa shape index (κ1) is 12.9. The average Bonchev–Trinajstić information content (AvgIpc) is 2.46. The zero-order valence-electron chi connectivity index (χ0n) is 11.1. The molecule has 97 valence electrons. The fraction of sp³-hybridized carbons (Fsp3) is 0.533. The maximum Gasteiger partial charge on any atom is 0.312 e. The van der Waals surface area contributed by atoms with Gasteiger partial charge in [0, 0.05) is 18.5 Å². The molecule has 0 N–H and O–H groups in total. The Morgan fingerprint density at radius 3 is 2.89 bits per heavy atom. The molecule has 1 aromatic carbocycles. The van der Waals surface area contributed by atoms with Crippen LogP contribution in [0.1, 0.15) is 37.7 Å². The third-order valence-corrected chi connectivity index (χ3v) is 3.87. The van der Waals surface area contributed by atoms with Crippen LogP contribution in [-0.4, -0.2) is 31.0 Å². The van der Waals surface area contributed by atoms with Crippen molar-refractivity contribution in [2.75, 3.05) is 13.7 Å². The highest BCUT2D eigenvalue weighted by Gasteiger charge is 2.29. The Morgan fingerprint density at radius 1 is 1.39 bits per heavy atom. The Morgan fingerprint density at radius 2 is 2.17 bits per heavy atom. The zero-order chi connectivity index (χ0) is 13.0. The van der Waals surface area contributed by atoms with Crippen molar-refractivity contribution < 1.29 is 9.53 Å². The number of benzene rings is 1. The molecule has 1 aromatic rings. The monoisotopic (exact) mass is 246 g/mol. The summed E-state index contributed by atoms with van der Waals surface area (Å²) in [5.41, 5.74) is 1.17. The number of rotatable bonds is 4. The molecule has 0 saturated carbocycles. The molecule has 1 aliphatic heterocycles. The Bertz CT molecular complexity index is 405. The number of para-hydroxylation sites is 1. The van der Waals surface area contributed by atoms with Gasteiger partial charge in [0.15, 0.2) is 0 Å². The molecule has 2 rings (SSSR count). The summed E-state index contributed by atoms with van der Waals surface area (Å²) in [7, 11) is 1.69. The molecule has 1 radical (unpaired) electrons. The molecule has 1 amide bonds. The highest BCUT2D eigenvalue weighted by Crippen LogP contribution is 2.34. The van der Waals surface area contributed by atoms with E-state index in [-0.39, 0.29) is 12.0 Å². The first-order chi connectivity index (χ1) is 8.77. The molecule has 2 atom stereocenters. The summed E-state index contributed by atoms with van der Waals surface area (Å²) in [6, 6.07) is 8.30. The number of likely N-dealkylation sites (tertiary alicyclic amines) is 1. The van der Waals surface area contributed by atoms with Crippen LogP contribution in [0.25, 0.3) is 0 Å². The van der Waals surface area contributed by atoms with Crippen LogP contribution >= 0.6 is 0 Å². The molecular formula is C15H20NO2. The van der Waals surface area contributed by atoms with Crippen LogP contribution < -0.4 is 4.74 Å². The Hall–Kier alpha value is -1.51. The van der Waals surface area contributed by atoms with Crippen molar-refractivity contribution in [3.8, 4) is 5.75 Å². The number of methoxy groups -OCH3 is 1. The number of hydrogen-bond donors (Lipinski definition) is 0. The van der Waals surface area contributed by atoms with Crippen molar-refractivity contribution in [3.05, 3.63) is 29.8 Å². The van der Waals surface area contributed by atoms with E-state index in [1.165, 1.54) is 12.0 Å². The number of piperidine rings is 1.